The molecule has 0 fully saturated rings. The van der Waals surface area contributed by atoms with Gasteiger partial charge in [-0.05, 0) is 70.3 Å². The molecule has 0 unspecified atom stereocenters. The van der Waals surface area contributed by atoms with Gasteiger partial charge in [0.2, 0.25) is 5.91 Å². The first-order valence-corrected chi connectivity index (χ1v) is 15.2. The second-order valence-corrected chi connectivity index (χ2v) is 12.4. The Balaban J connectivity index is 1.83. The quantitative estimate of drug-likeness (QED) is 0.122. The molecule has 5 rings (SSSR count). The van der Waals surface area contributed by atoms with Gasteiger partial charge in [-0.1, -0.05) is 6.58 Å². The van der Waals surface area contributed by atoms with Crippen molar-refractivity contribution in [1.82, 2.24) is 29.9 Å². The van der Waals surface area contributed by atoms with E-state index in [0.717, 1.165) is 17.2 Å². The van der Waals surface area contributed by atoms with Gasteiger partial charge in [0.1, 0.15) is 29.6 Å². The molecule has 4 aromatic rings. The fourth-order valence-corrected chi connectivity index (χ4v) is 6.27. The van der Waals surface area contributed by atoms with Gasteiger partial charge in [-0.2, -0.15) is 15.3 Å². The van der Waals surface area contributed by atoms with E-state index in [0.29, 0.717) is 51.7 Å². The number of aromatic nitrogens is 5. The Bertz CT molecular complexity index is 1870. The van der Waals surface area contributed by atoms with Crippen LogP contribution >= 0.6 is 11.3 Å². The topological polar surface area (TPSA) is 106 Å². The molecule has 0 spiro atoms. The zero-order valence-electron chi connectivity index (χ0n) is 25.7. The van der Waals surface area contributed by atoms with Gasteiger partial charge in [-0.25, -0.2) is 13.8 Å². The van der Waals surface area contributed by atoms with Crippen molar-refractivity contribution in [3.8, 4) is 22.6 Å². The molecule has 1 aliphatic rings. The standard InChI is InChI=1S/C33H34F2N6O3S/c1-7-26(44-18-33(5,6)43)28(24(35)9-11-34)29-31(25-14-22-17-40(27(42)8-2)16-20(4)41(22)39-25)37-30(23-10-12-45-32(23)29)21-13-19(3)38-36-15-21/h7-15,20,43H,2,16-18H2,1,3-6H3/b11-9+,26-7+,28-24-/t20-/m0/s1. The maximum absolute atomic E-state index is 16.1. The van der Waals surface area contributed by atoms with Crippen molar-refractivity contribution >= 4 is 32.9 Å². The van der Waals surface area contributed by atoms with Gasteiger partial charge in [-0.3, -0.25) is 9.48 Å². The maximum atomic E-state index is 16.1. The van der Waals surface area contributed by atoms with Crippen molar-refractivity contribution in [2.75, 3.05) is 13.2 Å². The molecule has 0 saturated carbocycles. The Morgan fingerprint density at radius 3 is 2.76 bits per heavy atom. The van der Waals surface area contributed by atoms with Crippen molar-refractivity contribution in [3.05, 3.63) is 89.5 Å². The van der Waals surface area contributed by atoms with Crippen LogP contribution in [0.4, 0.5) is 8.78 Å². The minimum atomic E-state index is -1.23. The zero-order valence-corrected chi connectivity index (χ0v) is 26.5. The second-order valence-electron chi connectivity index (χ2n) is 11.4. The number of nitrogens with zero attached hydrogens (tertiary/aromatic N) is 6. The summed E-state index contributed by atoms with van der Waals surface area (Å²) in [5.74, 6) is -0.988. The predicted molar refractivity (Wildman–Crippen MR) is 171 cm³/mol. The minimum absolute atomic E-state index is 0.0383. The van der Waals surface area contributed by atoms with Gasteiger partial charge in [0.25, 0.3) is 0 Å². The smallest absolute Gasteiger partial charge is 0.246 e. The van der Waals surface area contributed by atoms with E-state index >= 15 is 4.39 Å². The summed E-state index contributed by atoms with van der Waals surface area (Å²) in [6, 6.07) is 5.42. The largest absolute Gasteiger partial charge is 0.490 e. The van der Waals surface area contributed by atoms with Crippen LogP contribution in [0.5, 0.6) is 0 Å². The summed E-state index contributed by atoms with van der Waals surface area (Å²) in [6.45, 7) is 12.8. The highest BCUT2D eigenvalue weighted by atomic mass is 32.1. The van der Waals surface area contributed by atoms with Gasteiger partial charge in [0.05, 0.1) is 53.4 Å². The molecule has 0 saturated heterocycles. The van der Waals surface area contributed by atoms with Crippen LogP contribution < -0.4 is 0 Å². The monoisotopic (exact) mass is 632 g/mol. The Hall–Kier alpha value is -4.55. The molecule has 45 heavy (non-hydrogen) atoms. The molecule has 1 aliphatic heterocycles. The lowest BCUT2D eigenvalue weighted by Crippen LogP contribution is -2.39. The summed E-state index contributed by atoms with van der Waals surface area (Å²) < 4.78 is 38.2. The first-order chi connectivity index (χ1) is 21.4. The number of thiophene rings is 1. The normalized spacial score (nSPS) is 16.2. The number of rotatable bonds is 9. The van der Waals surface area contributed by atoms with Crippen LogP contribution in [0.2, 0.25) is 0 Å². The van der Waals surface area contributed by atoms with E-state index in [1.54, 1.807) is 37.9 Å². The molecule has 0 bridgehead atoms. The summed E-state index contributed by atoms with van der Waals surface area (Å²) in [6.07, 6.45) is 5.31. The number of hydrogen-bond donors (Lipinski definition) is 1. The van der Waals surface area contributed by atoms with Crippen molar-refractivity contribution in [1.29, 1.82) is 0 Å². The average Bonchev–Trinajstić information content (AvgIpc) is 3.66. The number of halogens is 2. The third-order valence-corrected chi connectivity index (χ3v) is 8.17. The molecule has 0 radical (unpaired) electrons. The number of aryl methyl sites for hydroxylation is 1. The van der Waals surface area contributed by atoms with Gasteiger partial charge in [0.15, 0.2) is 0 Å². The van der Waals surface area contributed by atoms with Crippen LogP contribution in [0.15, 0.2) is 72.5 Å². The van der Waals surface area contributed by atoms with Crippen LogP contribution in [-0.2, 0) is 16.1 Å². The van der Waals surface area contributed by atoms with Crippen molar-refractivity contribution in [2.24, 2.45) is 0 Å². The summed E-state index contributed by atoms with van der Waals surface area (Å²) in [7, 11) is 0. The van der Waals surface area contributed by atoms with Crippen LogP contribution in [0.25, 0.3) is 38.3 Å². The Morgan fingerprint density at radius 1 is 1.31 bits per heavy atom. The number of aliphatic hydroxyl groups is 1. The molecule has 234 valence electrons. The third-order valence-electron chi connectivity index (χ3n) is 7.24. The highest BCUT2D eigenvalue weighted by Gasteiger charge is 2.31. The molecule has 1 amide bonds. The van der Waals surface area contributed by atoms with Gasteiger partial charge >= 0.3 is 0 Å². The molecule has 0 aromatic carbocycles. The number of pyridine rings is 1. The van der Waals surface area contributed by atoms with Crippen LogP contribution in [-0.4, -0.2) is 59.6 Å². The van der Waals surface area contributed by atoms with Crippen LogP contribution in [0, 0.1) is 6.92 Å². The zero-order chi connectivity index (χ0) is 32.5. The lowest BCUT2D eigenvalue weighted by Gasteiger charge is -2.31. The highest BCUT2D eigenvalue weighted by molar-refractivity contribution is 7.17. The third kappa shape index (κ3) is 6.47. The van der Waals surface area contributed by atoms with E-state index in [-0.39, 0.29) is 36.2 Å². The van der Waals surface area contributed by atoms with Crippen LogP contribution in [0.1, 0.15) is 50.7 Å². The SMILES string of the molecule is C=CC(=O)N1Cc2cc(-c3nc(-c4cnnc(C)c4)c4ccsc4c3C(/C(=C\C)OCC(C)(C)O)=C(F)/C=C/F)nn2[C@@H](C)C1. The molecule has 5 heterocycles. The molecule has 4 aromatic heterocycles. The first kappa shape index (κ1) is 31.9. The Kier molecular flexibility index (Phi) is 9.08. The predicted octanol–water partition coefficient (Wildman–Crippen LogP) is 6.87. The van der Waals surface area contributed by atoms with Gasteiger partial charge in [-0.15, -0.1) is 11.3 Å². The molecule has 12 heteroatoms. The molecular formula is C33H34F2N6O3S. The fraction of sp³-hybridized carbons (Fsp3) is 0.303. The van der Waals surface area contributed by atoms with E-state index in [9.17, 15) is 14.3 Å². The van der Waals surface area contributed by atoms with Gasteiger partial charge in [0, 0.05) is 33.8 Å². The van der Waals surface area contributed by atoms with Crippen LogP contribution in [0.3, 0.4) is 0 Å². The molecule has 1 N–H and O–H groups in total. The number of allylic oxidation sites excluding steroid dienone is 4. The molecular weight excluding hydrogens is 598 g/mol. The van der Waals surface area contributed by atoms with E-state index in [2.05, 4.69) is 16.8 Å². The van der Waals surface area contributed by atoms with E-state index in [4.69, 9.17) is 14.8 Å². The minimum Gasteiger partial charge on any atom is -0.490 e. The summed E-state index contributed by atoms with van der Waals surface area (Å²) >= 11 is 1.37. The summed E-state index contributed by atoms with van der Waals surface area (Å²) in [5.41, 5.74) is 2.60. The second kappa shape index (κ2) is 12.8. The Morgan fingerprint density at radius 2 is 2.09 bits per heavy atom. The highest BCUT2D eigenvalue weighted by Crippen LogP contribution is 2.45. The summed E-state index contributed by atoms with van der Waals surface area (Å²) in [5, 5.41) is 26.1. The maximum Gasteiger partial charge on any atom is 0.246 e. The Labute approximate surface area is 263 Å². The van der Waals surface area contributed by atoms with Crippen molar-refractivity contribution < 1.29 is 23.4 Å². The lowest BCUT2D eigenvalue weighted by atomic mass is 9.95. The number of ether oxygens (including phenoxy) is 1. The van der Waals surface area contributed by atoms with Crippen molar-refractivity contribution in [3.63, 3.8) is 0 Å². The number of carbonyl (C=O) groups excluding carboxylic acids is 1. The van der Waals surface area contributed by atoms with Gasteiger partial charge < -0.3 is 14.7 Å². The molecule has 9 nitrogen and oxygen atoms in total. The number of hydrogen-bond acceptors (Lipinski definition) is 8. The first-order valence-electron chi connectivity index (χ1n) is 14.4. The average molecular weight is 633 g/mol. The van der Waals surface area contributed by atoms with Crippen molar-refractivity contribution in [2.45, 2.75) is 52.8 Å². The number of amides is 1. The summed E-state index contributed by atoms with van der Waals surface area (Å²) in [4.78, 5) is 19.3. The molecule has 0 aliphatic carbocycles. The lowest BCUT2D eigenvalue weighted by molar-refractivity contribution is -0.127. The van der Waals surface area contributed by atoms with E-state index in [1.165, 1.54) is 17.4 Å². The number of carbonyl (C=O) groups is 1. The molecule has 1 atom stereocenters. The number of fused-ring (bicyclic) bond motifs is 2. The van der Waals surface area contributed by atoms with E-state index < -0.39 is 11.4 Å². The fourth-order valence-electron chi connectivity index (χ4n) is 5.32. The van der Waals surface area contributed by atoms with E-state index in [1.807, 2.05) is 42.1 Å².